The third kappa shape index (κ3) is 3.04. The van der Waals surface area contributed by atoms with Crippen LogP contribution in [0.2, 0.25) is 0 Å². The van der Waals surface area contributed by atoms with Gasteiger partial charge in [0.05, 0.1) is 11.6 Å². The zero-order chi connectivity index (χ0) is 13.7. The lowest BCUT2D eigenvalue weighted by atomic mass is 9.77. The molecular formula is C14H16N2O3. The Bertz CT molecular complexity index is 486. The van der Waals surface area contributed by atoms with Gasteiger partial charge in [-0.2, -0.15) is 5.26 Å². The van der Waals surface area contributed by atoms with Crippen LogP contribution in [0.15, 0.2) is 24.3 Å². The van der Waals surface area contributed by atoms with Gasteiger partial charge in [-0.25, -0.2) is 0 Å². The Labute approximate surface area is 111 Å². The lowest BCUT2D eigenvalue weighted by Gasteiger charge is -2.38. The first-order valence-electron chi connectivity index (χ1n) is 6.28. The van der Waals surface area contributed by atoms with Gasteiger partial charge in [0.2, 0.25) is 0 Å². The molecule has 5 heteroatoms. The maximum absolute atomic E-state index is 11.1. The smallest absolute Gasteiger partial charge is 0.323 e. The normalized spacial score (nSPS) is 16.2. The highest BCUT2D eigenvalue weighted by Gasteiger charge is 2.43. The van der Waals surface area contributed by atoms with Crippen molar-refractivity contribution in [3.63, 3.8) is 0 Å². The molecule has 0 radical (unpaired) electrons. The molecule has 1 aliphatic carbocycles. The molecule has 1 saturated carbocycles. The van der Waals surface area contributed by atoms with E-state index in [1.54, 1.807) is 24.3 Å². The number of nitrogens with zero attached hydrogens (tertiary/aromatic N) is 1. The fourth-order valence-electron chi connectivity index (χ4n) is 2.08. The van der Waals surface area contributed by atoms with E-state index in [-0.39, 0.29) is 0 Å². The Morgan fingerprint density at radius 1 is 1.42 bits per heavy atom. The summed E-state index contributed by atoms with van der Waals surface area (Å²) >= 11 is 0. The molecule has 0 unspecified atom stereocenters. The predicted octanol–water partition coefficient (Wildman–Crippen LogP) is 1.53. The third-order valence-electron chi connectivity index (χ3n) is 3.43. The summed E-state index contributed by atoms with van der Waals surface area (Å²) in [6.45, 7) is 0.896. The van der Waals surface area contributed by atoms with Crippen molar-refractivity contribution in [3.8, 4) is 11.8 Å². The molecule has 19 heavy (non-hydrogen) atoms. The van der Waals surface area contributed by atoms with Gasteiger partial charge in [-0.1, -0.05) is 0 Å². The Morgan fingerprint density at radius 3 is 2.58 bits per heavy atom. The van der Waals surface area contributed by atoms with E-state index in [0.717, 1.165) is 6.42 Å². The zero-order valence-corrected chi connectivity index (χ0v) is 10.6. The van der Waals surface area contributed by atoms with Crippen LogP contribution in [0.3, 0.4) is 0 Å². The van der Waals surface area contributed by atoms with Crippen LogP contribution >= 0.6 is 0 Å². The highest BCUT2D eigenvalue weighted by atomic mass is 16.5. The van der Waals surface area contributed by atoms with Crippen molar-refractivity contribution >= 4 is 5.97 Å². The van der Waals surface area contributed by atoms with Crippen LogP contribution in [0, 0.1) is 11.3 Å². The largest absolute Gasteiger partial charge is 0.492 e. The highest BCUT2D eigenvalue weighted by Crippen LogP contribution is 2.31. The quantitative estimate of drug-likeness (QED) is 0.758. The maximum Gasteiger partial charge on any atom is 0.323 e. The van der Waals surface area contributed by atoms with Crippen molar-refractivity contribution < 1.29 is 14.6 Å². The van der Waals surface area contributed by atoms with Crippen LogP contribution in [0.1, 0.15) is 24.8 Å². The van der Waals surface area contributed by atoms with Gasteiger partial charge in [0.1, 0.15) is 17.9 Å². The minimum absolute atomic E-state index is 0.404. The van der Waals surface area contributed by atoms with Crippen molar-refractivity contribution in [2.24, 2.45) is 0 Å². The van der Waals surface area contributed by atoms with Crippen molar-refractivity contribution in [3.05, 3.63) is 29.8 Å². The Morgan fingerprint density at radius 2 is 2.11 bits per heavy atom. The fraction of sp³-hybridized carbons (Fsp3) is 0.429. The van der Waals surface area contributed by atoms with Gasteiger partial charge in [-0.15, -0.1) is 0 Å². The monoisotopic (exact) mass is 260 g/mol. The summed E-state index contributed by atoms with van der Waals surface area (Å²) in [5.41, 5.74) is -0.154. The first kappa shape index (κ1) is 13.4. The van der Waals surface area contributed by atoms with Crippen molar-refractivity contribution in [2.75, 3.05) is 13.2 Å². The topological polar surface area (TPSA) is 82.3 Å². The predicted molar refractivity (Wildman–Crippen MR) is 68.9 cm³/mol. The first-order chi connectivity index (χ1) is 9.16. The van der Waals surface area contributed by atoms with Gasteiger partial charge in [-0.05, 0) is 43.5 Å². The van der Waals surface area contributed by atoms with Crippen molar-refractivity contribution in [2.45, 2.75) is 24.8 Å². The summed E-state index contributed by atoms with van der Waals surface area (Å²) in [6, 6.07) is 8.87. The standard InChI is InChI=1S/C14H16N2O3/c15-10-11-2-4-12(5-3-11)19-9-8-16-14(13(17)18)6-1-7-14/h2-5,16H,1,6-9H2,(H,17,18). The number of ether oxygens (including phenoxy) is 1. The number of nitrogens with one attached hydrogen (secondary N) is 1. The van der Waals surface area contributed by atoms with Gasteiger partial charge in [0, 0.05) is 6.54 Å². The molecule has 0 heterocycles. The van der Waals surface area contributed by atoms with Crippen LogP contribution in [-0.2, 0) is 4.79 Å². The van der Waals surface area contributed by atoms with Crippen LogP contribution in [0.25, 0.3) is 0 Å². The molecule has 0 atom stereocenters. The maximum atomic E-state index is 11.1. The van der Waals surface area contributed by atoms with E-state index < -0.39 is 11.5 Å². The molecule has 2 N–H and O–H groups in total. The summed E-state index contributed by atoms with van der Waals surface area (Å²) in [5, 5.41) is 20.8. The van der Waals surface area contributed by atoms with Gasteiger partial charge in [0.15, 0.2) is 0 Å². The van der Waals surface area contributed by atoms with E-state index in [1.807, 2.05) is 6.07 Å². The zero-order valence-electron chi connectivity index (χ0n) is 10.6. The average Bonchev–Trinajstić information content (AvgIpc) is 2.37. The lowest BCUT2D eigenvalue weighted by Crippen LogP contribution is -2.57. The average molecular weight is 260 g/mol. The minimum atomic E-state index is -0.780. The number of carboxylic acids is 1. The Hall–Kier alpha value is -2.06. The van der Waals surface area contributed by atoms with Gasteiger partial charge in [-0.3, -0.25) is 10.1 Å². The molecule has 100 valence electrons. The van der Waals surface area contributed by atoms with E-state index in [4.69, 9.17) is 15.1 Å². The molecule has 0 saturated heterocycles. The number of rotatable bonds is 6. The molecule has 1 aliphatic rings. The van der Waals surface area contributed by atoms with Crippen LogP contribution in [0.5, 0.6) is 5.75 Å². The SMILES string of the molecule is N#Cc1ccc(OCCNC2(C(=O)O)CCC2)cc1. The summed E-state index contributed by atoms with van der Waals surface area (Å²) < 4.78 is 5.48. The molecule has 2 rings (SSSR count). The van der Waals surface area contributed by atoms with Gasteiger partial charge >= 0.3 is 5.97 Å². The number of hydrogen-bond donors (Lipinski definition) is 2. The Kier molecular flexibility index (Phi) is 4.03. The number of hydrogen-bond acceptors (Lipinski definition) is 4. The van der Waals surface area contributed by atoms with Crippen molar-refractivity contribution in [1.29, 1.82) is 5.26 Å². The second-order valence-corrected chi connectivity index (χ2v) is 4.65. The van der Waals surface area contributed by atoms with Crippen molar-refractivity contribution in [1.82, 2.24) is 5.32 Å². The van der Waals surface area contributed by atoms with Crippen LogP contribution < -0.4 is 10.1 Å². The molecule has 1 aromatic carbocycles. The van der Waals surface area contributed by atoms with E-state index in [0.29, 0.717) is 37.3 Å². The van der Waals surface area contributed by atoms with E-state index in [9.17, 15) is 4.79 Å². The number of aliphatic carboxylic acids is 1. The van der Waals surface area contributed by atoms with E-state index in [2.05, 4.69) is 5.32 Å². The summed E-state index contributed by atoms with van der Waals surface area (Å²) in [4.78, 5) is 11.1. The molecule has 0 aliphatic heterocycles. The molecule has 1 aromatic rings. The van der Waals surface area contributed by atoms with Gasteiger partial charge in [0.25, 0.3) is 0 Å². The lowest BCUT2D eigenvalue weighted by molar-refractivity contribution is -0.148. The summed E-state index contributed by atoms with van der Waals surface area (Å²) in [5.74, 6) is -0.101. The highest BCUT2D eigenvalue weighted by molar-refractivity contribution is 5.79. The van der Waals surface area contributed by atoms with Gasteiger partial charge < -0.3 is 9.84 Å². The van der Waals surface area contributed by atoms with E-state index >= 15 is 0 Å². The van der Waals surface area contributed by atoms with E-state index in [1.165, 1.54) is 0 Å². The molecular weight excluding hydrogens is 244 g/mol. The number of nitriles is 1. The molecule has 0 bridgehead atoms. The fourth-order valence-corrected chi connectivity index (χ4v) is 2.08. The second-order valence-electron chi connectivity index (χ2n) is 4.65. The molecule has 0 amide bonds. The Balaban J connectivity index is 1.74. The molecule has 0 spiro atoms. The third-order valence-corrected chi connectivity index (χ3v) is 3.43. The summed E-state index contributed by atoms with van der Waals surface area (Å²) in [7, 11) is 0. The minimum Gasteiger partial charge on any atom is -0.492 e. The molecule has 1 fully saturated rings. The van der Waals surface area contributed by atoms with Crippen LogP contribution in [-0.4, -0.2) is 29.8 Å². The first-order valence-corrected chi connectivity index (χ1v) is 6.28. The van der Waals surface area contributed by atoms with Crippen LogP contribution in [0.4, 0.5) is 0 Å². The molecule has 5 nitrogen and oxygen atoms in total. The second kappa shape index (κ2) is 5.72. The molecule has 0 aromatic heterocycles. The number of benzene rings is 1. The summed E-state index contributed by atoms with van der Waals surface area (Å²) in [6.07, 6.45) is 2.31. The number of carboxylic acid groups (broad SMARTS) is 1. The number of carbonyl (C=O) groups is 1.